The molecule has 0 radical (unpaired) electrons. The van der Waals surface area contributed by atoms with Crippen LogP contribution in [0.4, 0.5) is 10.1 Å². The van der Waals surface area contributed by atoms with Gasteiger partial charge in [0.15, 0.2) is 0 Å². The monoisotopic (exact) mass is 495 g/mol. The number of hydrogen-bond acceptors (Lipinski definition) is 5. The first kappa shape index (κ1) is 24.6. The Kier molecular flexibility index (Phi) is 7.03. The van der Waals surface area contributed by atoms with Crippen molar-refractivity contribution in [2.45, 2.75) is 43.4 Å². The van der Waals surface area contributed by atoms with Crippen molar-refractivity contribution in [2.75, 3.05) is 5.32 Å². The van der Waals surface area contributed by atoms with Gasteiger partial charge in [-0.3, -0.25) is 4.79 Å². The van der Waals surface area contributed by atoms with Crippen LogP contribution in [0.3, 0.4) is 0 Å². The van der Waals surface area contributed by atoms with E-state index in [1.807, 2.05) is 37.3 Å². The molecule has 35 heavy (non-hydrogen) atoms. The number of rotatable bonds is 6. The summed E-state index contributed by atoms with van der Waals surface area (Å²) in [4.78, 5) is 13.4. The lowest BCUT2D eigenvalue weighted by atomic mass is 10.0. The average molecular weight is 496 g/mol. The Balaban J connectivity index is 1.54. The SMILES string of the molecule is CC(OCc1ccccc1)[C@H]1CCc2c(cn(C)c2C(=O)Nc2ccc(F)c(C#N)c2)S(=N)(=O)N1. The molecule has 1 amide bonds. The summed E-state index contributed by atoms with van der Waals surface area (Å²) >= 11 is 0. The van der Waals surface area contributed by atoms with E-state index >= 15 is 0 Å². The van der Waals surface area contributed by atoms with Gasteiger partial charge in [-0.2, -0.15) is 5.26 Å². The third kappa shape index (κ3) is 5.27. The van der Waals surface area contributed by atoms with E-state index in [1.165, 1.54) is 18.3 Å². The van der Waals surface area contributed by atoms with Crippen LogP contribution >= 0.6 is 0 Å². The van der Waals surface area contributed by atoms with Crippen LogP contribution in [0.15, 0.2) is 59.6 Å². The zero-order valence-electron chi connectivity index (χ0n) is 19.4. The van der Waals surface area contributed by atoms with Crippen LogP contribution in [-0.2, 0) is 34.7 Å². The summed E-state index contributed by atoms with van der Waals surface area (Å²) in [5.74, 6) is -1.17. The van der Waals surface area contributed by atoms with Crippen LogP contribution in [0.5, 0.6) is 0 Å². The number of nitriles is 1. The van der Waals surface area contributed by atoms with E-state index in [0.717, 1.165) is 11.6 Å². The maximum atomic E-state index is 13.6. The number of nitrogens with one attached hydrogen (secondary N) is 3. The molecule has 0 fully saturated rings. The van der Waals surface area contributed by atoms with E-state index in [1.54, 1.807) is 17.7 Å². The van der Waals surface area contributed by atoms with Crippen LogP contribution in [0.25, 0.3) is 0 Å². The third-order valence-electron chi connectivity index (χ3n) is 6.06. The molecule has 1 aliphatic heterocycles. The Morgan fingerprint density at radius 2 is 2.11 bits per heavy atom. The van der Waals surface area contributed by atoms with E-state index in [9.17, 15) is 13.4 Å². The maximum absolute atomic E-state index is 13.6. The van der Waals surface area contributed by atoms with Gasteiger partial charge in [-0.05, 0) is 43.5 Å². The van der Waals surface area contributed by atoms with E-state index in [2.05, 4.69) is 10.0 Å². The van der Waals surface area contributed by atoms with Crippen molar-refractivity contribution in [2.24, 2.45) is 7.05 Å². The molecule has 10 heteroatoms. The van der Waals surface area contributed by atoms with Gasteiger partial charge < -0.3 is 14.6 Å². The van der Waals surface area contributed by atoms with E-state index < -0.39 is 21.6 Å². The number of halogens is 1. The van der Waals surface area contributed by atoms with E-state index in [-0.39, 0.29) is 34.0 Å². The number of aromatic nitrogens is 1. The Bertz CT molecular complexity index is 1400. The zero-order chi connectivity index (χ0) is 25.2. The number of ether oxygens (including phenoxy) is 1. The van der Waals surface area contributed by atoms with Gasteiger partial charge in [0.05, 0.1) is 23.2 Å². The Hall–Kier alpha value is -3.52. The Morgan fingerprint density at radius 1 is 1.37 bits per heavy atom. The maximum Gasteiger partial charge on any atom is 0.272 e. The predicted molar refractivity (Wildman–Crippen MR) is 130 cm³/mol. The quantitative estimate of drug-likeness (QED) is 0.476. The summed E-state index contributed by atoms with van der Waals surface area (Å²) in [7, 11) is -1.76. The van der Waals surface area contributed by atoms with Crippen LogP contribution in [0.1, 0.15) is 40.5 Å². The molecule has 3 N–H and O–H groups in total. The molecule has 3 atom stereocenters. The molecule has 0 saturated carbocycles. The molecule has 2 unspecified atom stereocenters. The van der Waals surface area contributed by atoms with Crippen molar-refractivity contribution < 1.29 is 18.1 Å². The Morgan fingerprint density at radius 3 is 2.83 bits per heavy atom. The molecule has 4 rings (SSSR count). The van der Waals surface area contributed by atoms with Gasteiger partial charge in [0, 0.05) is 30.5 Å². The molecule has 3 aromatic rings. The molecule has 1 aromatic heterocycles. The predicted octanol–water partition coefficient (Wildman–Crippen LogP) is 4.12. The minimum Gasteiger partial charge on any atom is -0.372 e. The van der Waals surface area contributed by atoms with Gasteiger partial charge in [-0.15, -0.1) is 0 Å². The number of anilines is 1. The lowest BCUT2D eigenvalue weighted by molar-refractivity contribution is 0.0308. The van der Waals surface area contributed by atoms with Crippen molar-refractivity contribution >= 4 is 21.5 Å². The third-order valence-corrected chi connectivity index (χ3v) is 7.67. The topological polar surface area (TPSA) is 120 Å². The molecule has 2 heterocycles. The number of amides is 1. The number of hydrogen-bond donors (Lipinski definition) is 3. The smallest absolute Gasteiger partial charge is 0.272 e. The van der Waals surface area contributed by atoms with Gasteiger partial charge in [0.2, 0.25) is 0 Å². The first-order valence-corrected chi connectivity index (χ1v) is 12.7. The highest BCUT2D eigenvalue weighted by atomic mass is 32.2. The molecule has 8 nitrogen and oxygen atoms in total. The van der Waals surface area contributed by atoms with Crippen molar-refractivity contribution in [3.05, 3.63) is 82.9 Å². The van der Waals surface area contributed by atoms with Crippen LogP contribution in [0, 0.1) is 21.9 Å². The molecule has 0 spiro atoms. The van der Waals surface area contributed by atoms with Crippen molar-refractivity contribution in [1.29, 1.82) is 10.0 Å². The summed E-state index contributed by atoms with van der Waals surface area (Å²) in [5.41, 5.74) is 1.89. The minimum atomic E-state index is -3.40. The van der Waals surface area contributed by atoms with Crippen LogP contribution in [-0.4, -0.2) is 26.8 Å². The Labute approximate surface area is 203 Å². The second-order valence-electron chi connectivity index (χ2n) is 8.51. The molecule has 0 aliphatic carbocycles. The molecule has 0 saturated heterocycles. The fraction of sp³-hybridized carbons (Fsp3) is 0.280. The molecule has 2 aromatic carbocycles. The number of fused-ring (bicyclic) bond motifs is 1. The normalized spacial score (nSPS) is 20.3. The van der Waals surface area contributed by atoms with Crippen molar-refractivity contribution in [1.82, 2.24) is 9.29 Å². The first-order valence-electron chi connectivity index (χ1n) is 11.1. The van der Waals surface area contributed by atoms with Crippen LogP contribution < -0.4 is 10.0 Å². The highest BCUT2D eigenvalue weighted by Crippen LogP contribution is 2.29. The number of nitrogens with zero attached hydrogens (tertiary/aromatic N) is 2. The molecular formula is C25H26FN5O3S. The van der Waals surface area contributed by atoms with E-state index in [0.29, 0.717) is 25.0 Å². The number of carbonyl (C=O) groups excluding carboxylic acids is 1. The van der Waals surface area contributed by atoms with Gasteiger partial charge in [0.1, 0.15) is 27.5 Å². The second kappa shape index (κ2) is 10.00. The summed E-state index contributed by atoms with van der Waals surface area (Å²) in [6.45, 7) is 2.27. The second-order valence-corrected chi connectivity index (χ2v) is 10.3. The van der Waals surface area contributed by atoms with Gasteiger partial charge in [0.25, 0.3) is 5.91 Å². The minimum absolute atomic E-state index is 0.181. The highest BCUT2D eigenvalue weighted by Gasteiger charge is 2.33. The van der Waals surface area contributed by atoms with Crippen LogP contribution in [0.2, 0.25) is 0 Å². The highest BCUT2D eigenvalue weighted by molar-refractivity contribution is 7.90. The largest absolute Gasteiger partial charge is 0.372 e. The molecular weight excluding hydrogens is 469 g/mol. The summed E-state index contributed by atoms with van der Waals surface area (Å²) < 4.78 is 46.1. The van der Waals surface area contributed by atoms with Gasteiger partial charge in [-0.25, -0.2) is 18.1 Å². The van der Waals surface area contributed by atoms with Gasteiger partial charge in [-0.1, -0.05) is 30.3 Å². The van der Waals surface area contributed by atoms with Crippen molar-refractivity contribution in [3.8, 4) is 6.07 Å². The fourth-order valence-electron chi connectivity index (χ4n) is 4.20. The lowest BCUT2D eigenvalue weighted by Gasteiger charge is -2.24. The number of benzene rings is 2. The molecule has 0 bridgehead atoms. The zero-order valence-corrected chi connectivity index (χ0v) is 20.2. The lowest BCUT2D eigenvalue weighted by Crippen LogP contribution is -2.41. The summed E-state index contributed by atoms with van der Waals surface area (Å²) in [5, 5.41) is 11.7. The van der Waals surface area contributed by atoms with Crippen molar-refractivity contribution in [3.63, 3.8) is 0 Å². The summed E-state index contributed by atoms with van der Waals surface area (Å²) in [6.07, 6.45) is 2.15. The molecule has 182 valence electrons. The summed E-state index contributed by atoms with van der Waals surface area (Å²) in [6, 6.07) is 14.8. The number of carbonyl (C=O) groups is 1. The standard InChI is InChI=1S/C25H26FN5O3S/c1-16(34-15-17-6-4-3-5-7-17)22-11-9-20-23(35(28,33)30-22)14-31(2)24(20)25(32)29-19-8-10-21(26)18(12-19)13-27/h3-8,10,12,14,16,22H,9,11,15H2,1-2H3,(H,29,32)(H2,28,30,33)/t16?,22-,35?/m1/s1. The average Bonchev–Trinajstić information content (AvgIpc) is 3.12. The first-order chi connectivity index (χ1) is 16.7. The fourth-order valence-corrected chi connectivity index (χ4v) is 5.91. The molecule has 1 aliphatic rings. The van der Waals surface area contributed by atoms with Gasteiger partial charge >= 0.3 is 0 Å². The number of aryl methyl sites for hydroxylation is 1. The van der Waals surface area contributed by atoms with E-state index in [4.69, 9.17) is 14.8 Å².